The van der Waals surface area contributed by atoms with Crippen molar-refractivity contribution in [3.8, 4) is 17.0 Å². The van der Waals surface area contributed by atoms with Crippen molar-refractivity contribution in [1.29, 1.82) is 0 Å². The number of aromatic nitrogens is 2. The second kappa shape index (κ2) is 9.07. The Bertz CT molecular complexity index is 825. The molecular formula is C19H26N4O3S. The van der Waals surface area contributed by atoms with Crippen LogP contribution < -0.4 is 15.4 Å². The number of anilines is 1. The van der Waals surface area contributed by atoms with Crippen molar-refractivity contribution in [2.75, 3.05) is 18.5 Å². The van der Waals surface area contributed by atoms with E-state index in [1.807, 2.05) is 20.8 Å². The van der Waals surface area contributed by atoms with Gasteiger partial charge in [-0.1, -0.05) is 12.2 Å². The van der Waals surface area contributed by atoms with Gasteiger partial charge in [-0.3, -0.25) is 9.89 Å². The van der Waals surface area contributed by atoms with E-state index >= 15 is 0 Å². The van der Waals surface area contributed by atoms with Gasteiger partial charge in [0.05, 0.1) is 5.69 Å². The van der Waals surface area contributed by atoms with Gasteiger partial charge in [-0.15, -0.1) is 0 Å². The maximum Gasteiger partial charge on any atom is 0.221 e. The minimum atomic E-state index is -0.684. The number of aromatic amines is 1. The van der Waals surface area contributed by atoms with Crippen molar-refractivity contribution in [3.05, 3.63) is 35.0 Å². The van der Waals surface area contributed by atoms with E-state index < -0.39 is 6.10 Å². The molecular weight excluding hydrogens is 364 g/mol. The topological polar surface area (TPSA) is 99.3 Å². The van der Waals surface area contributed by atoms with Crippen LogP contribution in [0.5, 0.6) is 5.75 Å². The summed E-state index contributed by atoms with van der Waals surface area (Å²) in [6.45, 7) is 8.03. The van der Waals surface area contributed by atoms with Crippen LogP contribution in [0.15, 0.2) is 30.3 Å². The fourth-order valence-corrected chi connectivity index (χ4v) is 2.41. The highest BCUT2D eigenvalue weighted by Gasteiger charge is 2.15. The third kappa shape index (κ3) is 7.09. The second-order valence-electron chi connectivity index (χ2n) is 7.29. The fraction of sp³-hybridized carbons (Fsp3) is 0.421. The van der Waals surface area contributed by atoms with Crippen molar-refractivity contribution in [2.24, 2.45) is 0 Å². The molecule has 1 heterocycles. The predicted molar refractivity (Wildman–Crippen MR) is 108 cm³/mol. The van der Waals surface area contributed by atoms with Gasteiger partial charge in [-0.2, -0.15) is 5.10 Å². The number of hydrogen-bond donors (Lipinski definition) is 4. The first-order valence-corrected chi connectivity index (χ1v) is 9.08. The number of β-amino-alcohol motifs (C(OH)–C–C–N with tert-alkyl or cyclic N) is 1. The highest BCUT2D eigenvalue weighted by Crippen LogP contribution is 2.31. The molecule has 8 heteroatoms. The Labute approximate surface area is 164 Å². The monoisotopic (exact) mass is 390 g/mol. The summed E-state index contributed by atoms with van der Waals surface area (Å²) in [7, 11) is 0. The Morgan fingerprint density at radius 3 is 2.67 bits per heavy atom. The average molecular weight is 391 g/mol. The van der Waals surface area contributed by atoms with E-state index in [9.17, 15) is 9.90 Å². The van der Waals surface area contributed by atoms with Gasteiger partial charge in [0.15, 0.2) is 0 Å². The summed E-state index contributed by atoms with van der Waals surface area (Å²) < 4.78 is 6.38. The molecule has 0 saturated heterocycles. The predicted octanol–water partition coefficient (Wildman–Crippen LogP) is 2.89. The lowest BCUT2D eigenvalue weighted by Gasteiger charge is -2.23. The molecule has 0 saturated carbocycles. The molecule has 0 aliphatic carbocycles. The molecule has 1 unspecified atom stereocenters. The molecule has 27 heavy (non-hydrogen) atoms. The molecule has 0 spiro atoms. The molecule has 1 atom stereocenters. The van der Waals surface area contributed by atoms with Crippen LogP contribution in [0, 0.1) is 4.64 Å². The Hall–Kier alpha value is -2.29. The quantitative estimate of drug-likeness (QED) is 0.543. The number of hydrogen-bond acceptors (Lipinski definition) is 6. The number of aliphatic hydroxyl groups is 1. The van der Waals surface area contributed by atoms with E-state index in [1.165, 1.54) is 6.92 Å². The molecule has 1 amide bonds. The summed E-state index contributed by atoms with van der Waals surface area (Å²) >= 11 is 5.03. The maximum atomic E-state index is 11.3. The van der Waals surface area contributed by atoms with Gasteiger partial charge in [0.25, 0.3) is 0 Å². The highest BCUT2D eigenvalue weighted by atomic mass is 32.1. The van der Waals surface area contributed by atoms with Crippen LogP contribution in [-0.2, 0) is 4.79 Å². The van der Waals surface area contributed by atoms with Crippen molar-refractivity contribution in [3.63, 3.8) is 0 Å². The Kier molecular flexibility index (Phi) is 7.06. The van der Waals surface area contributed by atoms with Crippen LogP contribution in [0.4, 0.5) is 5.69 Å². The Balaban J connectivity index is 2.20. The van der Waals surface area contributed by atoms with Gasteiger partial charge in [0.1, 0.15) is 23.1 Å². The zero-order chi connectivity index (χ0) is 20.0. The molecule has 1 aromatic heterocycles. The number of aliphatic hydroxyl groups excluding tert-OH is 1. The lowest BCUT2D eigenvalue weighted by Crippen LogP contribution is -2.42. The smallest absolute Gasteiger partial charge is 0.221 e. The third-order valence-electron chi connectivity index (χ3n) is 3.56. The molecule has 0 fully saturated rings. The number of rotatable bonds is 7. The minimum absolute atomic E-state index is 0.0941. The Morgan fingerprint density at radius 2 is 2.07 bits per heavy atom. The van der Waals surface area contributed by atoms with Crippen molar-refractivity contribution in [1.82, 2.24) is 15.5 Å². The number of amides is 1. The lowest BCUT2D eigenvalue weighted by atomic mass is 10.1. The highest BCUT2D eigenvalue weighted by molar-refractivity contribution is 7.71. The number of H-pyrrole nitrogens is 1. The normalized spacial score (nSPS) is 12.5. The SMILES string of the molecule is CC(=O)Nc1ccc(-c2ccc(=S)[nH]n2)c(OCC(O)CNC(C)(C)C)c1. The first-order chi connectivity index (χ1) is 12.6. The molecule has 0 aliphatic heterocycles. The molecule has 7 nitrogen and oxygen atoms in total. The first-order valence-electron chi connectivity index (χ1n) is 8.68. The number of carbonyl (C=O) groups is 1. The number of benzene rings is 1. The molecule has 146 valence electrons. The maximum absolute atomic E-state index is 11.3. The number of carbonyl (C=O) groups excluding carboxylic acids is 1. The fourth-order valence-electron chi connectivity index (χ4n) is 2.30. The first kappa shape index (κ1) is 21.0. The Morgan fingerprint density at radius 1 is 1.33 bits per heavy atom. The van der Waals surface area contributed by atoms with Crippen LogP contribution >= 0.6 is 12.2 Å². The van der Waals surface area contributed by atoms with E-state index in [-0.39, 0.29) is 18.1 Å². The van der Waals surface area contributed by atoms with E-state index in [0.29, 0.717) is 28.3 Å². The van der Waals surface area contributed by atoms with Crippen LogP contribution in [0.1, 0.15) is 27.7 Å². The molecule has 1 aromatic carbocycles. The summed E-state index contributed by atoms with van der Waals surface area (Å²) in [6.07, 6.45) is -0.684. The van der Waals surface area contributed by atoms with Gasteiger partial charge in [0, 0.05) is 36.3 Å². The second-order valence-corrected chi connectivity index (χ2v) is 7.73. The zero-order valence-electron chi connectivity index (χ0n) is 16.0. The summed E-state index contributed by atoms with van der Waals surface area (Å²) in [5, 5.41) is 23.1. The largest absolute Gasteiger partial charge is 0.490 e. The molecule has 0 aliphatic rings. The van der Waals surface area contributed by atoms with Gasteiger partial charge in [-0.05, 0) is 45.0 Å². The standard InChI is InChI=1S/C19H26N4O3S/c1-12(24)21-13-5-6-15(16-7-8-18(27)23-22-16)17(9-13)26-11-14(25)10-20-19(2,3)4/h5-9,14,20,25H,10-11H2,1-4H3,(H,21,24)(H,23,27). The van der Waals surface area contributed by atoms with Gasteiger partial charge in [-0.25, -0.2) is 0 Å². The van der Waals surface area contributed by atoms with Crippen LogP contribution in [0.2, 0.25) is 0 Å². The number of nitrogens with zero attached hydrogens (tertiary/aromatic N) is 1. The molecule has 0 radical (unpaired) electrons. The van der Waals surface area contributed by atoms with Crippen LogP contribution in [-0.4, -0.2) is 46.0 Å². The molecule has 0 bridgehead atoms. The average Bonchev–Trinajstić information content (AvgIpc) is 2.58. The van der Waals surface area contributed by atoms with Gasteiger partial charge in [0.2, 0.25) is 5.91 Å². The molecule has 2 aromatic rings. The summed E-state index contributed by atoms with van der Waals surface area (Å²) in [5.41, 5.74) is 1.89. The van der Waals surface area contributed by atoms with E-state index in [1.54, 1.807) is 30.3 Å². The molecule has 2 rings (SSSR count). The number of ether oxygens (including phenoxy) is 1. The van der Waals surface area contributed by atoms with E-state index in [2.05, 4.69) is 20.8 Å². The lowest BCUT2D eigenvalue weighted by molar-refractivity contribution is -0.114. The van der Waals surface area contributed by atoms with Crippen LogP contribution in [0.25, 0.3) is 11.3 Å². The number of nitrogens with one attached hydrogen (secondary N) is 3. The van der Waals surface area contributed by atoms with E-state index in [0.717, 1.165) is 5.56 Å². The van der Waals surface area contributed by atoms with Crippen molar-refractivity contribution in [2.45, 2.75) is 39.3 Å². The van der Waals surface area contributed by atoms with Crippen molar-refractivity contribution >= 4 is 23.8 Å². The summed E-state index contributed by atoms with van der Waals surface area (Å²) in [6, 6.07) is 8.82. The zero-order valence-corrected chi connectivity index (χ0v) is 16.8. The minimum Gasteiger partial charge on any atom is -0.490 e. The van der Waals surface area contributed by atoms with Gasteiger partial charge < -0.3 is 20.5 Å². The third-order valence-corrected chi connectivity index (χ3v) is 3.78. The summed E-state index contributed by atoms with van der Waals surface area (Å²) in [5.74, 6) is 0.333. The van der Waals surface area contributed by atoms with Crippen molar-refractivity contribution < 1.29 is 14.6 Å². The molecule has 4 N–H and O–H groups in total. The van der Waals surface area contributed by atoms with Crippen LogP contribution in [0.3, 0.4) is 0 Å². The van der Waals surface area contributed by atoms with Gasteiger partial charge >= 0.3 is 0 Å². The summed E-state index contributed by atoms with van der Waals surface area (Å²) in [4.78, 5) is 11.3. The van der Waals surface area contributed by atoms with E-state index in [4.69, 9.17) is 17.0 Å².